The summed E-state index contributed by atoms with van der Waals surface area (Å²) in [6.07, 6.45) is 2.45. The molecule has 0 radical (unpaired) electrons. The predicted molar refractivity (Wildman–Crippen MR) is 75.9 cm³/mol. The molecule has 4 heteroatoms. The van der Waals surface area contributed by atoms with Crippen LogP contribution in [-0.2, 0) is 4.74 Å². The van der Waals surface area contributed by atoms with Crippen molar-refractivity contribution < 1.29 is 9.13 Å². The van der Waals surface area contributed by atoms with E-state index in [-0.39, 0.29) is 18.0 Å². The Morgan fingerprint density at radius 3 is 2.89 bits per heavy atom. The summed E-state index contributed by atoms with van der Waals surface area (Å²) >= 11 is 0. The average Bonchev–Trinajstić information content (AvgIpc) is 2.88. The van der Waals surface area contributed by atoms with Gasteiger partial charge in [-0.25, -0.2) is 4.39 Å². The van der Waals surface area contributed by atoms with E-state index >= 15 is 0 Å². The van der Waals surface area contributed by atoms with Crippen molar-refractivity contribution in [3.05, 3.63) is 29.6 Å². The molecular weight excluding hydrogens is 243 g/mol. The number of benzene rings is 1. The molecule has 1 aliphatic heterocycles. The molecule has 1 fully saturated rings. The smallest absolute Gasteiger partial charge is 0.130 e. The van der Waals surface area contributed by atoms with Gasteiger partial charge in [-0.3, -0.25) is 0 Å². The highest BCUT2D eigenvalue weighted by Gasteiger charge is 2.22. The van der Waals surface area contributed by atoms with E-state index in [1.54, 1.807) is 6.07 Å². The molecule has 1 heterocycles. The molecule has 0 aliphatic carbocycles. The summed E-state index contributed by atoms with van der Waals surface area (Å²) < 4.78 is 19.6. The molecule has 106 valence electrons. The molecule has 1 aliphatic rings. The van der Waals surface area contributed by atoms with Crippen molar-refractivity contribution in [1.82, 2.24) is 0 Å². The highest BCUT2D eigenvalue weighted by molar-refractivity contribution is 5.55. The van der Waals surface area contributed by atoms with Gasteiger partial charge in [-0.2, -0.15) is 0 Å². The molecule has 1 saturated heterocycles. The van der Waals surface area contributed by atoms with Gasteiger partial charge in [0.25, 0.3) is 0 Å². The van der Waals surface area contributed by atoms with Crippen LogP contribution in [0.25, 0.3) is 0 Å². The highest BCUT2D eigenvalue weighted by atomic mass is 19.1. The van der Waals surface area contributed by atoms with Gasteiger partial charge >= 0.3 is 0 Å². The van der Waals surface area contributed by atoms with Crippen molar-refractivity contribution in [2.75, 3.05) is 24.6 Å². The number of halogens is 1. The summed E-state index contributed by atoms with van der Waals surface area (Å²) in [5.41, 5.74) is 7.41. The molecule has 2 unspecified atom stereocenters. The highest BCUT2D eigenvalue weighted by Crippen LogP contribution is 2.29. The zero-order valence-electron chi connectivity index (χ0n) is 11.7. The number of hydrogen-bond donors (Lipinski definition) is 1. The zero-order valence-corrected chi connectivity index (χ0v) is 11.7. The minimum absolute atomic E-state index is 0.224. The molecule has 0 amide bonds. The number of hydrogen-bond acceptors (Lipinski definition) is 3. The van der Waals surface area contributed by atoms with Gasteiger partial charge < -0.3 is 15.4 Å². The second-order valence-electron chi connectivity index (χ2n) is 5.13. The first kappa shape index (κ1) is 14.3. The molecule has 0 bridgehead atoms. The summed E-state index contributed by atoms with van der Waals surface area (Å²) in [4.78, 5) is 2.16. The first-order valence-corrected chi connectivity index (χ1v) is 7.04. The van der Waals surface area contributed by atoms with E-state index < -0.39 is 0 Å². The van der Waals surface area contributed by atoms with E-state index in [2.05, 4.69) is 11.8 Å². The van der Waals surface area contributed by atoms with Crippen molar-refractivity contribution in [2.24, 2.45) is 5.73 Å². The second-order valence-corrected chi connectivity index (χ2v) is 5.13. The van der Waals surface area contributed by atoms with Crippen LogP contribution in [0.4, 0.5) is 10.1 Å². The monoisotopic (exact) mass is 266 g/mol. The lowest BCUT2D eigenvalue weighted by Gasteiger charge is -2.29. The van der Waals surface area contributed by atoms with Crippen LogP contribution in [0.5, 0.6) is 0 Å². The molecule has 2 rings (SSSR count). The third-order valence-electron chi connectivity index (χ3n) is 3.66. The number of anilines is 1. The molecule has 2 N–H and O–H groups in total. The predicted octanol–water partition coefficient (Wildman–Crippen LogP) is 2.85. The van der Waals surface area contributed by atoms with E-state index in [4.69, 9.17) is 10.5 Å². The zero-order chi connectivity index (χ0) is 13.8. The second kappa shape index (κ2) is 6.35. The van der Waals surface area contributed by atoms with Crippen molar-refractivity contribution in [3.8, 4) is 0 Å². The van der Waals surface area contributed by atoms with Crippen LogP contribution in [0.1, 0.15) is 38.3 Å². The van der Waals surface area contributed by atoms with Crippen LogP contribution in [0.3, 0.4) is 0 Å². The van der Waals surface area contributed by atoms with Gasteiger partial charge in [-0.15, -0.1) is 0 Å². The van der Waals surface area contributed by atoms with Gasteiger partial charge in [0.2, 0.25) is 0 Å². The molecule has 1 aromatic carbocycles. The van der Waals surface area contributed by atoms with Gasteiger partial charge in [0, 0.05) is 37.0 Å². The summed E-state index contributed by atoms with van der Waals surface area (Å²) in [7, 11) is 0. The Hall–Kier alpha value is -1.13. The molecule has 19 heavy (non-hydrogen) atoms. The maximum Gasteiger partial charge on any atom is 0.130 e. The summed E-state index contributed by atoms with van der Waals surface area (Å²) in [6, 6.07) is 4.85. The topological polar surface area (TPSA) is 38.5 Å². The van der Waals surface area contributed by atoms with Gasteiger partial charge in [0.15, 0.2) is 0 Å². The molecule has 3 nitrogen and oxygen atoms in total. The van der Waals surface area contributed by atoms with E-state index in [0.717, 1.165) is 38.2 Å². The molecule has 0 spiro atoms. The van der Waals surface area contributed by atoms with Crippen LogP contribution >= 0.6 is 0 Å². The van der Waals surface area contributed by atoms with Crippen molar-refractivity contribution in [3.63, 3.8) is 0 Å². The van der Waals surface area contributed by atoms with E-state index in [1.165, 1.54) is 6.07 Å². The van der Waals surface area contributed by atoms with Crippen LogP contribution in [0.15, 0.2) is 18.2 Å². The van der Waals surface area contributed by atoms with Crippen LogP contribution in [-0.4, -0.2) is 25.8 Å². The van der Waals surface area contributed by atoms with Crippen LogP contribution in [0, 0.1) is 5.82 Å². The van der Waals surface area contributed by atoms with Crippen molar-refractivity contribution >= 4 is 5.69 Å². The maximum absolute atomic E-state index is 14.0. The lowest BCUT2D eigenvalue weighted by molar-refractivity contribution is 0.115. The number of likely N-dealkylation sites (N-methyl/N-ethyl adjacent to an activating group) is 1. The Morgan fingerprint density at radius 2 is 2.32 bits per heavy atom. The number of rotatable bonds is 5. The first-order valence-electron chi connectivity index (χ1n) is 7.04. The van der Waals surface area contributed by atoms with Gasteiger partial charge in [0.05, 0.1) is 6.10 Å². The Bertz CT molecular complexity index is 417. The molecular formula is C15H23FN2O. The Morgan fingerprint density at radius 1 is 1.53 bits per heavy atom. The van der Waals surface area contributed by atoms with E-state index in [0.29, 0.717) is 5.56 Å². The lowest BCUT2D eigenvalue weighted by atomic mass is 10.0. The molecule has 1 aromatic rings. The first-order chi connectivity index (χ1) is 9.13. The standard InChI is InChI=1S/C15H23FN2O/c1-3-18(10-12-6-5-9-19-12)14-8-4-7-13(16)15(14)11(2)17/h4,7-8,11-12H,3,5-6,9-10,17H2,1-2H3. The average molecular weight is 266 g/mol. The van der Waals surface area contributed by atoms with Crippen molar-refractivity contribution in [1.29, 1.82) is 0 Å². The van der Waals surface area contributed by atoms with Crippen LogP contribution < -0.4 is 10.6 Å². The quantitative estimate of drug-likeness (QED) is 0.890. The molecule has 2 atom stereocenters. The molecule has 0 aromatic heterocycles. The van der Waals surface area contributed by atoms with Gasteiger partial charge in [-0.1, -0.05) is 6.07 Å². The SMILES string of the molecule is CCN(CC1CCCO1)c1cccc(F)c1C(C)N. The van der Waals surface area contributed by atoms with Gasteiger partial charge in [0.1, 0.15) is 5.82 Å². The summed E-state index contributed by atoms with van der Waals surface area (Å²) in [5, 5.41) is 0. The Labute approximate surface area is 114 Å². The third kappa shape index (κ3) is 3.25. The molecule has 0 saturated carbocycles. The number of ether oxygens (including phenoxy) is 1. The largest absolute Gasteiger partial charge is 0.376 e. The minimum atomic E-state index is -0.310. The normalized spacial score (nSPS) is 20.5. The van der Waals surface area contributed by atoms with E-state index in [9.17, 15) is 4.39 Å². The fourth-order valence-corrected chi connectivity index (χ4v) is 2.68. The Kier molecular flexibility index (Phi) is 4.77. The van der Waals surface area contributed by atoms with Crippen LogP contribution in [0.2, 0.25) is 0 Å². The van der Waals surface area contributed by atoms with E-state index in [1.807, 2.05) is 13.0 Å². The third-order valence-corrected chi connectivity index (χ3v) is 3.66. The Balaban J connectivity index is 2.24. The maximum atomic E-state index is 14.0. The number of nitrogens with two attached hydrogens (primary N) is 1. The summed E-state index contributed by atoms with van der Waals surface area (Å²) in [5.74, 6) is -0.224. The van der Waals surface area contributed by atoms with Gasteiger partial charge in [-0.05, 0) is 38.8 Å². The minimum Gasteiger partial charge on any atom is -0.376 e. The lowest BCUT2D eigenvalue weighted by Crippen LogP contribution is -2.33. The summed E-state index contributed by atoms with van der Waals surface area (Å²) in [6.45, 7) is 6.36. The fraction of sp³-hybridized carbons (Fsp3) is 0.600. The fourth-order valence-electron chi connectivity index (χ4n) is 2.68. The van der Waals surface area contributed by atoms with Crippen molar-refractivity contribution in [2.45, 2.75) is 38.8 Å². The number of nitrogens with zero attached hydrogens (tertiary/aromatic N) is 1.